The first-order chi connectivity index (χ1) is 6.56. The molecule has 14 heavy (non-hydrogen) atoms. The van der Waals surface area contributed by atoms with Crippen LogP contribution in [0.5, 0.6) is 5.88 Å². The Morgan fingerprint density at radius 1 is 1.57 bits per heavy atom. The van der Waals surface area contributed by atoms with E-state index in [4.69, 9.17) is 16.2 Å². The molecule has 0 aliphatic carbocycles. The molecule has 0 saturated heterocycles. The molecule has 1 heterocycles. The van der Waals surface area contributed by atoms with Gasteiger partial charge in [-0.2, -0.15) is 0 Å². The molecule has 5 heteroatoms. The Morgan fingerprint density at radius 2 is 2.21 bits per heavy atom. The zero-order valence-corrected chi connectivity index (χ0v) is 8.27. The Hall–Kier alpha value is -1.33. The van der Waals surface area contributed by atoms with E-state index >= 15 is 0 Å². The molecule has 0 fully saturated rings. The van der Waals surface area contributed by atoms with E-state index in [0.29, 0.717) is 17.1 Å². The average Bonchev–Trinajstić information content (AvgIpc) is 2.16. The van der Waals surface area contributed by atoms with Crippen LogP contribution in [0.4, 0.5) is 5.69 Å². The van der Waals surface area contributed by atoms with E-state index in [1.54, 1.807) is 13.0 Å². The minimum Gasteiger partial charge on any atom is -0.481 e. The Labute approximate surface area is 82.7 Å². The number of anilines is 1. The molecule has 0 aliphatic heterocycles. The van der Waals surface area contributed by atoms with Crippen LogP contribution in [0.3, 0.4) is 0 Å². The van der Waals surface area contributed by atoms with Crippen molar-refractivity contribution in [1.82, 2.24) is 4.98 Å². The van der Waals surface area contributed by atoms with Gasteiger partial charge in [-0.3, -0.25) is 0 Å². The first-order valence-corrected chi connectivity index (χ1v) is 4.29. The molecule has 1 aromatic heterocycles. The van der Waals surface area contributed by atoms with Crippen LogP contribution in [-0.2, 0) is 0 Å². The third-order valence-corrected chi connectivity index (χ3v) is 1.97. The van der Waals surface area contributed by atoms with Crippen molar-refractivity contribution in [2.45, 2.75) is 19.1 Å². The van der Waals surface area contributed by atoms with Crippen LogP contribution in [0, 0.1) is 0 Å². The molecular weight excluding hydrogens is 182 g/mol. The van der Waals surface area contributed by atoms with Gasteiger partial charge >= 0.3 is 0 Å². The summed E-state index contributed by atoms with van der Waals surface area (Å²) in [6.45, 7) is 1.60. The first-order valence-electron chi connectivity index (χ1n) is 4.29. The summed E-state index contributed by atoms with van der Waals surface area (Å²) in [6, 6.07) is 1.12. The predicted octanol–water partition coefficient (Wildman–Crippen LogP) is 0.0530. The van der Waals surface area contributed by atoms with Crippen molar-refractivity contribution in [2.75, 3.05) is 12.8 Å². The Balaban J connectivity index is 3.10. The van der Waals surface area contributed by atoms with Gasteiger partial charge in [-0.15, -0.1) is 0 Å². The summed E-state index contributed by atoms with van der Waals surface area (Å²) in [6.07, 6.45) is 0.810. The highest BCUT2D eigenvalue weighted by atomic mass is 16.5. The fraction of sp³-hybridized carbons (Fsp3) is 0.444. The summed E-state index contributed by atoms with van der Waals surface area (Å²) in [5, 5.41) is 9.34. The normalized spacial score (nSPS) is 14.9. The lowest BCUT2D eigenvalue weighted by Gasteiger charge is -2.17. The molecule has 78 valence electrons. The maximum atomic E-state index is 9.34. The average molecular weight is 197 g/mol. The van der Waals surface area contributed by atoms with Gasteiger partial charge < -0.3 is 21.3 Å². The first kappa shape index (κ1) is 10.7. The molecule has 0 aromatic carbocycles. The third kappa shape index (κ3) is 2.12. The van der Waals surface area contributed by atoms with Crippen molar-refractivity contribution in [2.24, 2.45) is 5.73 Å². The van der Waals surface area contributed by atoms with E-state index in [-0.39, 0.29) is 0 Å². The summed E-state index contributed by atoms with van der Waals surface area (Å²) >= 11 is 0. The van der Waals surface area contributed by atoms with E-state index in [0.717, 1.165) is 0 Å². The number of aliphatic hydroxyl groups excluding tert-OH is 1. The van der Waals surface area contributed by atoms with Crippen LogP contribution < -0.4 is 16.2 Å². The number of pyridine rings is 1. The van der Waals surface area contributed by atoms with Crippen molar-refractivity contribution in [3.8, 4) is 5.88 Å². The second-order valence-corrected chi connectivity index (χ2v) is 3.13. The predicted molar refractivity (Wildman–Crippen MR) is 53.8 cm³/mol. The molecule has 0 saturated carbocycles. The monoisotopic (exact) mass is 197 g/mol. The zero-order chi connectivity index (χ0) is 10.7. The van der Waals surface area contributed by atoms with Gasteiger partial charge in [0.25, 0.3) is 0 Å². The van der Waals surface area contributed by atoms with Crippen LogP contribution in [0.25, 0.3) is 0 Å². The summed E-state index contributed by atoms with van der Waals surface area (Å²) < 4.78 is 5.01. The van der Waals surface area contributed by atoms with Crippen LogP contribution in [0.2, 0.25) is 0 Å². The summed E-state index contributed by atoms with van der Waals surface area (Å²) in [5.74, 6) is 0.396. The fourth-order valence-electron chi connectivity index (χ4n) is 1.16. The third-order valence-electron chi connectivity index (χ3n) is 1.97. The van der Waals surface area contributed by atoms with E-state index in [1.165, 1.54) is 13.3 Å². The second kappa shape index (κ2) is 4.26. The number of rotatable bonds is 3. The van der Waals surface area contributed by atoms with Gasteiger partial charge in [-0.25, -0.2) is 4.98 Å². The number of nitrogen functional groups attached to an aromatic ring is 1. The Morgan fingerprint density at radius 3 is 2.71 bits per heavy atom. The van der Waals surface area contributed by atoms with Gasteiger partial charge in [0.1, 0.15) is 0 Å². The van der Waals surface area contributed by atoms with Crippen LogP contribution >= 0.6 is 0 Å². The largest absolute Gasteiger partial charge is 0.481 e. The van der Waals surface area contributed by atoms with Gasteiger partial charge in [0, 0.05) is 5.56 Å². The van der Waals surface area contributed by atoms with Crippen molar-refractivity contribution in [3.63, 3.8) is 0 Å². The number of methoxy groups -OCH3 is 1. The second-order valence-electron chi connectivity index (χ2n) is 3.13. The highest BCUT2D eigenvalue weighted by molar-refractivity contribution is 5.44. The lowest BCUT2D eigenvalue weighted by molar-refractivity contribution is 0.162. The minimum atomic E-state index is -0.674. The van der Waals surface area contributed by atoms with Crippen molar-refractivity contribution in [1.29, 1.82) is 0 Å². The smallest absolute Gasteiger partial charge is 0.218 e. The van der Waals surface area contributed by atoms with Crippen molar-refractivity contribution >= 4 is 5.69 Å². The van der Waals surface area contributed by atoms with E-state index in [2.05, 4.69) is 4.98 Å². The highest BCUT2D eigenvalue weighted by Crippen LogP contribution is 2.25. The van der Waals surface area contributed by atoms with Crippen LogP contribution in [0.1, 0.15) is 18.5 Å². The lowest BCUT2D eigenvalue weighted by Crippen LogP contribution is -2.24. The summed E-state index contributed by atoms with van der Waals surface area (Å²) in [7, 11) is 1.50. The zero-order valence-electron chi connectivity index (χ0n) is 8.27. The molecule has 0 amide bonds. The number of aliphatic hydroxyl groups is 1. The van der Waals surface area contributed by atoms with Crippen molar-refractivity contribution < 1.29 is 9.84 Å². The molecule has 0 bridgehead atoms. The number of aromatic nitrogens is 1. The van der Waals surface area contributed by atoms with Crippen molar-refractivity contribution in [3.05, 3.63) is 17.8 Å². The van der Waals surface area contributed by atoms with Gasteiger partial charge in [0.15, 0.2) is 0 Å². The number of ether oxygens (including phenoxy) is 1. The van der Waals surface area contributed by atoms with Crippen LogP contribution in [0.15, 0.2) is 12.3 Å². The standard InChI is InChI=1S/C9H15N3O2/c1-5(13)8(11)7-3-6(10)4-12-9(7)14-2/h3-5,8,13H,10-11H2,1-2H3/t5-,8-/m0/s1. The quantitative estimate of drug-likeness (QED) is 0.636. The Bertz CT molecular complexity index is 315. The number of hydrogen-bond donors (Lipinski definition) is 3. The van der Waals surface area contributed by atoms with Gasteiger partial charge in [-0.1, -0.05) is 0 Å². The Kier molecular flexibility index (Phi) is 3.27. The summed E-state index contributed by atoms with van der Waals surface area (Å²) in [4.78, 5) is 3.96. The number of nitrogens with zero attached hydrogens (tertiary/aromatic N) is 1. The highest BCUT2D eigenvalue weighted by Gasteiger charge is 2.17. The molecule has 0 unspecified atom stereocenters. The minimum absolute atomic E-state index is 0.396. The molecule has 1 rings (SSSR count). The van der Waals surface area contributed by atoms with Gasteiger partial charge in [-0.05, 0) is 13.0 Å². The topological polar surface area (TPSA) is 94.4 Å². The molecule has 0 spiro atoms. The fourth-order valence-corrected chi connectivity index (χ4v) is 1.16. The van der Waals surface area contributed by atoms with E-state index < -0.39 is 12.1 Å². The number of hydrogen-bond acceptors (Lipinski definition) is 5. The number of nitrogens with two attached hydrogens (primary N) is 2. The maximum Gasteiger partial charge on any atom is 0.218 e. The molecular formula is C9H15N3O2. The molecule has 5 N–H and O–H groups in total. The molecule has 0 aliphatic rings. The van der Waals surface area contributed by atoms with Gasteiger partial charge in [0.05, 0.1) is 31.1 Å². The SMILES string of the molecule is COc1ncc(N)cc1[C@@H](N)[C@H](C)O. The molecule has 5 nitrogen and oxygen atoms in total. The lowest BCUT2D eigenvalue weighted by atomic mass is 10.0. The molecule has 0 radical (unpaired) electrons. The van der Waals surface area contributed by atoms with Gasteiger partial charge in [0.2, 0.25) is 5.88 Å². The van der Waals surface area contributed by atoms with E-state index in [9.17, 15) is 5.11 Å². The molecule has 1 aromatic rings. The van der Waals surface area contributed by atoms with E-state index in [1.807, 2.05) is 0 Å². The molecule has 2 atom stereocenters. The summed E-state index contributed by atoms with van der Waals surface area (Å²) in [5.41, 5.74) is 12.4. The van der Waals surface area contributed by atoms with Crippen LogP contribution in [-0.4, -0.2) is 23.3 Å². The maximum absolute atomic E-state index is 9.34.